The minimum atomic E-state index is -0.188. The van der Waals surface area contributed by atoms with E-state index in [1.807, 2.05) is 11.8 Å². The Labute approximate surface area is 144 Å². The number of allylic oxidation sites excluding steroid dienone is 3. The lowest BCUT2D eigenvalue weighted by Gasteiger charge is -2.45. The molecule has 23 heavy (non-hydrogen) atoms. The Balaban J connectivity index is 1.87. The molecule has 1 aromatic rings. The summed E-state index contributed by atoms with van der Waals surface area (Å²) in [4.78, 5) is 2.81. The van der Waals surface area contributed by atoms with Crippen LogP contribution >= 0.6 is 11.8 Å². The van der Waals surface area contributed by atoms with E-state index in [2.05, 4.69) is 56.3 Å². The van der Waals surface area contributed by atoms with Gasteiger partial charge in [0.15, 0.2) is 0 Å². The highest BCUT2D eigenvalue weighted by Crippen LogP contribution is 2.58. The summed E-state index contributed by atoms with van der Waals surface area (Å²) < 4.78 is 0. The number of aliphatic hydroxyl groups is 1. The summed E-state index contributed by atoms with van der Waals surface area (Å²) in [5.74, 6) is 0.280. The summed E-state index contributed by atoms with van der Waals surface area (Å²) >= 11 is 1.92. The van der Waals surface area contributed by atoms with Crippen molar-refractivity contribution in [3.63, 3.8) is 0 Å². The Morgan fingerprint density at radius 1 is 1.26 bits per heavy atom. The van der Waals surface area contributed by atoms with Gasteiger partial charge in [-0.3, -0.25) is 0 Å². The number of benzene rings is 1. The summed E-state index contributed by atoms with van der Waals surface area (Å²) in [6.45, 7) is 4.30. The molecule has 0 radical (unpaired) electrons. The smallest absolute Gasteiger partial charge is 0.0611 e. The van der Waals surface area contributed by atoms with E-state index in [0.29, 0.717) is 0 Å². The number of hydrogen-bond donors (Lipinski definition) is 1. The van der Waals surface area contributed by atoms with Crippen molar-refractivity contribution in [2.75, 3.05) is 0 Å². The summed E-state index contributed by atoms with van der Waals surface area (Å²) in [5.41, 5.74) is 1.47. The molecular formula is C21H28OS. The molecule has 0 saturated heterocycles. The van der Waals surface area contributed by atoms with Crippen LogP contribution in [0.15, 0.2) is 52.3 Å². The van der Waals surface area contributed by atoms with Crippen LogP contribution in [0.5, 0.6) is 0 Å². The Bertz CT molecular complexity index is 586. The first-order chi connectivity index (χ1) is 11.2. The molecule has 1 saturated carbocycles. The quantitative estimate of drug-likeness (QED) is 0.697. The van der Waals surface area contributed by atoms with Crippen LogP contribution in [0.3, 0.4) is 0 Å². The van der Waals surface area contributed by atoms with E-state index in [9.17, 15) is 5.11 Å². The molecule has 2 aliphatic carbocycles. The molecule has 2 heteroatoms. The number of rotatable bonds is 4. The van der Waals surface area contributed by atoms with E-state index in [4.69, 9.17) is 0 Å². The first-order valence-corrected chi connectivity index (χ1v) is 9.77. The van der Waals surface area contributed by atoms with Crippen LogP contribution in [0.1, 0.15) is 51.0 Å². The minimum absolute atomic E-state index is 0.166. The molecule has 0 unspecified atom stereocenters. The summed E-state index contributed by atoms with van der Waals surface area (Å²) in [6.07, 6.45) is 13.5. The van der Waals surface area contributed by atoms with Crippen molar-refractivity contribution in [2.24, 2.45) is 11.3 Å². The molecule has 2 aliphatic rings. The third-order valence-corrected chi connectivity index (χ3v) is 6.72. The van der Waals surface area contributed by atoms with Gasteiger partial charge >= 0.3 is 0 Å². The lowest BCUT2D eigenvalue weighted by atomic mass is 9.64. The van der Waals surface area contributed by atoms with Crippen LogP contribution in [0.4, 0.5) is 0 Å². The molecule has 0 aliphatic heterocycles. The molecule has 0 bridgehead atoms. The molecule has 1 nitrogen and oxygen atoms in total. The van der Waals surface area contributed by atoms with Gasteiger partial charge in [0, 0.05) is 16.2 Å². The lowest BCUT2D eigenvalue weighted by molar-refractivity contribution is 0.0218. The number of aliphatic hydroxyl groups excluding tert-OH is 1. The zero-order valence-corrected chi connectivity index (χ0v) is 15.1. The lowest BCUT2D eigenvalue weighted by Crippen LogP contribution is -2.40. The highest BCUT2D eigenvalue weighted by atomic mass is 32.2. The highest BCUT2D eigenvalue weighted by molar-refractivity contribution is 8.03. The second-order valence-corrected chi connectivity index (χ2v) is 8.12. The van der Waals surface area contributed by atoms with Crippen LogP contribution in [0, 0.1) is 18.3 Å². The van der Waals surface area contributed by atoms with Crippen molar-refractivity contribution >= 4 is 11.8 Å². The first-order valence-electron chi connectivity index (χ1n) is 8.95. The fourth-order valence-electron chi connectivity index (χ4n) is 4.18. The van der Waals surface area contributed by atoms with Crippen LogP contribution in [-0.2, 0) is 0 Å². The Morgan fingerprint density at radius 3 is 2.78 bits per heavy atom. The van der Waals surface area contributed by atoms with Gasteiger partial charge in [0.25, 0.3) is 0 Å². The van der Waals surface area contributed by atoms with E-state index >= 15 is 0 Å². The van der Waals surface area contributed by atoms with Gasteiger partial charge in [-0.25, -0.2) is 0 Å². The molecule has 3 rings (SSSR count). The van der Waals surface area contributed by atoms with E-state index in [1.54, 1.807) is 0 Å². The fraction of sp³-hybridized carbons (Fsp3) is 0.524. The minimum Gasteiger partial charge on any atom is -0.392 e. The molecule has 0 aromatic heterocycles. The van der Waals surface area contributed by atoms with Crippen molar-refractivity contribution in [1.29, 1.82) is 0 Å². The molecule has 124 valence electrons. The maximum atomic E-state index is 10.7. The van der Waals surface area contributed by atoms with Crippen molar-refractivity contribution < 1.29 is 5.11 Å². The maximum absolute atomic E-state index is 10.7. The zero-order valence-electron chi connectivity index (χ0n) is 14.3. The third-order valence-electron chi connectivity index (χ3n) is 5.41. The molecule has 0 amide bonds. The van der Waals surface area contributed by atoms with Crippen LogP contribution in [0.2, 0.25) is 0 Å². The predicted octanol–water partition coefficient (Wildman–Crippen LogP) is 5.88. The van der Waals surface area contributed by atoms with Crippen LogP contribution in [-0.4, -0.2) is 11.2 Å². The van der Waals surface area contributed by atoms with Gasteiger partial charge in [0.2, 0.25) is 0 Å². The summed E-state index contributed by atoms with van der Waals surface area (Å²) in [7, 11) is 0. The molecule has 1 fully saturated rings. The molecule has 1 N–H and O–H groups in total. The second-order valence-electron chi connectivity index (χ2n) is 7.00. The molecule has 1 spiro atoms. The average molecular weight is 329 g/mol. The average Bonchev–Trinajstić information content (AvgIpc) is 2.92. The Kier molecular flexibility index (Phi) is 5.33. The van der Waals surface area contributed by atoms with Gasteiger partial charge in [-0.1, -0.05) is 54.6 Å². The third kappa shape index (κ3) is 3.44. The van der Waals surface area contributed by atoms with Gasteiger partial charge in [-0.05, 0) is 62.5 Å². The van der Waals surface area contributed by atoms with Crippen LogP contribution in [0.25, 0.3) is 0 Å². The topological polar surface area (TPSA) is 20.2 Å². The van der Waals surface area contributed by atoms with Crippen LogP contribution < -0.4 is 0 Å². The summed E-state index contributed by atoms with van der Waals surface area (Å²) in [5, 5.41) is 10.7. The summed E-state index contributed by atoms with van der Waals surface area (Å²) in [6, 6.07) is 8.83. The van der Waals surface area contributed by atoms with Gasteiger partial charge in [0.1, 0.15) is 0 Å². The normalized spacial score (nSPS) is 31.0. The van der Waals surface area contributed by atoms with Gasteiger partial charge in [-0.2, -0.15) is 0 Å². The molecule has 3 atom stereocenters. The van der Waals surface area contributed by atoms with Gasteiger partial charge < -0.3 is 5.11 Å². The number of thioether (sulfide) groups is 1. The van der Waals surface area contributed by atoms with Crippen molar-refractivity contribution in [1.82, 2.24) is 0 Å². The van der Waals surface area contributed by atoms with Crippen molar-refractivity contribution in [3.8, 4) is 0 Å². The monoisotopic (exact) mass is 328 g/mol. The van der Waals surface area contributed by atoms with E-state index in [-0.39, 0.29) is 17.4 Å². The number of hydrogen-bond acceptors (Lipinski definition) is 2. The zero-order chi connectivity index (χ0) is 16.3. The van der Waals surface area contributed by atoms with Gasteiger partial charge in [0.05, 0.1) is 6.10 Å². The predicted molar refractivity (Wildman–Crippen MR) is 99.6 cm³/mol. The largest absolute Gasteiger partial charge is 0.392 e. The Hall–Kier alpha value is -0.990. The second kappa shape index (κ2) is 7.27. The van der Waals surface area contributed by atoms with E-state index in [1.165, 1.54) is 28.2 Å². The van der Waals surface area contributed by atoms with E-state index < -0.39 is 0 Å². The van der Waals surface area contributed by atoms with Gasteiger partial charge in [-0.15, -0.1) is 0 Å². The molecule has 0 heterocycles. The van der Waals surface area contributed by atoms with Crippen molar-refractivity contribution in [2.45, 2.75) is 63.4 Å². The maximum Gasteiger partial charge on any atom is 0.0611 e. The highest BCUT2D eigenvalue weighted by Gasteiger charge is 2.48. The first kappa shape index (κ1) is 16.9. The number of aryl methyl sites for hydroxylation is 1. The standard InChI is InChI=1S/C21H28OS/c1-3-4-7-18-19(22)8-5-14-21(18)15-6-9-20(21)23-17-12-10-16(2)11-13-17/h4,7,9-13,18-19,22H,3,5-6,8,14-15H2,1-2H3/b7-4+/t18-,19-,21-/m1/s1. The Morgan fingerprint density at radius 2 is 2.04 bits per heavy atom. The van der Waals surface area contributed by atoms with Crippen molar-refractivity contribution in [3.05, 3.63) is 53.0 Å². The fourth-order valence-corrected chi connectivity index (χ4v) is 5.45. The molecule has 1 aromatic carbocycles. The van der Waals surface area contributed by atoms with E-state index in [0.717, 1.165) is 25.7 Å². The molecular weight excluding hydrogens is 300 g/mol. The SMILES string of the molecule is CC/C=C/[C@@H]1[C@H](O)CCC[C@@]12CCC=C2Sc1ccc(C)cc1.